The van der Waals surface area contributed by atoms with Gasteiger partial charge in [0.15, 0.2) is 0 Å². The van der Waals surface area contributed by atoms with Gasteiger partial charge in [-0.15, -0.1) is 0 Å². The maximum atomic E-state index is 12.2. The highest BCUT2D eigenvalue weighted by atomic mass is 16.5. The molecule has 0 aliphatic rings. The van der Waals surface area contributed by atoms with Gasteiger partial charge in [0, 0.05) is 11.4 Å². The molecule has 23 heavy (non-hydrogen) atoms. The molecular weight excluding hydrogens is 288 g/mol. The van der Waals surface area contributed by atoms with E-state index in [2.05, 4.69) is 31.3 Å². The fourth-order valence-electron chi connectivity index (χ4n) is 2.22. The van der Waals surface area contributed by atoms with Crippen molar-refractivity contribution in [3.05, 3.63) is 53.6 Å². The summed E-state index contributed by atoms with van der Waals surface area (Å²) in [4.78, 5) is 12.2. The van der Waals surface area contributed by atoms with Gasteiger partial charge in [0.05, 0.1) is 17.4 Å². The summed E-state index contributed by atoms with van der Waals surface area (Å²) in [5, 5.41) is 3.26. The largest absolute Gasteiger partial charge is 0.459 e. The number of carbonyl (C=O) groups excluding carboxylic acids is 1. The van der Waals surface area contributed by atoms with Crippen molar-refractivity contribution in [1.29, 1.82) is 0 Å². The lowest BCUT2D eigenvalue weighted by Gasteiger charge is -2.14. The van der Waals surface area contributed by atoms with Crippen LogP contribution in [0.2, 0.25) is 0 Å². The van der Waals surface area contributed by atoms with Crippen molar-refractivity contribution in [1.82, 2.24) is 0 Å². The summed E-state index contributed by atoms with van der Waals surface area (Å²) in [6.45, 7) is 7.95. The molecule has 0 aromatic heterocycles. The second-order valence-electron chi connectivity index (χ2n) is 6.16. The molecular formula is C19H24N2O2. The maximum absolute atomic E-state index is 12.2. The maximum Gasteiger partial charge on any atom is 0.340 e. The number of rotatable bonds is 5. The number of nitrogen functional groups attached to an aromatic ring is 1. The van der Waals surface area contributed by atoms with Crippen LogP contribution in [-0.2, 0) is 4.74 Å². The number of carbonyl (C=O) groups is 1. The van der Waals surface area contributed by atoms with E-state index in [0.717, 1.165) is 5.69 Å². The van der Waals surface area contributed by atoms with Crippen LogP contribution in [0.4, 0.5) is 17.1 Å². The lowest BCUT2D eigenvalue weighted by atomic mass is 10.0. The van der Waals surface area contributed by atoms with Crippen molar-refractivity contribution in [2.45, 2.75) is 39.7 Å². The molecule has 0 amide bonds. The number of anilines is 3. The summed E-state index contributed by atoms with van der Waals surface area (Å²) in [7, 11) is 0. The third-order valence-corrected chi connectivity index (χ3v) is 3.46. The minimum Gasteiger partial charge on any atom is -0.459 e. The van der Waals surface area contributed by atoms with Gasteiger partial charge in [-0.05, 0) is 55.7 Å². The predicted octanol–water partition coefficient (Wildman–Crippen LogP) is 4.70. The van der Waals surface area contributed by atoms with E-state index in [1.807, 2.05) is 26.0 Å². The van der Waals surface area contributed by atoms with Gasteiger partial charge >= 0.3 is 5.97 Å². The van der Waals surface area contributed by atoms with Gasteiger partial charge in [-0.1, -0.05) is 26.0 Å². The van der Waals surface area contributed by atoms with Crippen LogP contribution >= 0.6 is 0 Å². The molecule has 2 aromatic carbocycles. The molecule has 2 aromatic rings. The molecule has 4 heteroatoms. The number of hydrogen-bond acceptors (Lipinski definition) is 4. The lowest BCUT2D eigenvalue weighted by Crippen LogP contribution is -2.13. The zero-order chi connectivity index (χ0) is 17.0. The summed E-state index contributed by atoms with van der Waals surface area (Å²) < 4.78 is 5.29. The van der Waals surface area contributed by atoms with Crippen molar-refractivity contribution in [2.24, 2.45) is 0 Å². The second kappa shape index (κ2) is 7.18. The van der Waals surface area contributed by atoms with E-state index in [4.69, 9.17) is 10.5 Å². The van der Waals surface area contributed by atoms with Crippen LogP contribution in [0.15, 0.2) is 42.5 Å². The van der Waals surface area contributed by atoms with E-state index in [1.165, 1.54) is 5.56 Å². The van der Waals surface area contributed by atoms with Crippen LogP contribution in [0, 0.1) is 0 Å². The molecule has 122 valence electrons. The molecule has 0 spiro atoms. The Morgan fingerprint density at radius 3 is 2.26 bits per heavy atom. The minimum absolute atomic E-state index is 0.179. The molecule has 0 aliphatic carbocycles. The fourth-order valence-corrected chi connectivity index (χ4v) is 2.22. The van der Waals surface area contributed by atoms with E-state index in [9.17, 15) is 4.79 Å². The highest BCUT2D eigenvalue weighted by Crippen LogP contribution is 2.25. The topological polar surface area (TPSA) is 64.3 Å². The van der Waals surface area contributed by atoms with Crippen LogP contribution in [0.5, 0.6) is 0 Å². The van der Waals surface area contributed by atoms with Gasteiger partial charge in [-0.3, -0.25) is 0 Å². The molecule has 3 N–H and O–H groups in total. The first-order valence-corrected chi connectivity index (χ1v) is 7.84. The number of nitrogens with one attached hydrogen (secondary N) is 1. The molecule has 0 saturated carbocycles. The molecule has 0 radical (unpaired) electrons. The first-order chi connectivity index (χ1) is 10.9. The van der Waals surface area contributed by atoms with Gasteiger partial charge in [-0.25, -0.2) is 4.79 Å². The molecule has 4 nitrogen and oxygen atoms in total. The lowest BCUT2D eigenvalue weighted by molar-refractivity contribution is 0.0379. The van der Waals surface area contributed by atoms with E-state index in [-0.39, 0.29) is 12.1 Å². The summed E-state index contributed by atoms with van der Waals surface area (Å²) in [6, 6.07) is 13.4. The summed E-state index contributed by atoms with van der Waals surface area (Å²) in [5.41, 5.74) is 9.64. The molecule has 0 aliphatic heterocycles. The van der Waals surface area contributed by atoms with Crippen LogP contribution in [0.1, 0.15) is 49.5 Å². The highest BCUT2D eigenvalue weighted by molar-refractivity contribution is 5.97. The number of benzene rings is 2. The number of hydrogen-bond donors (Lipinski definition) is 2. The Balaban J connectivity index is 2.27. The average Bonchev–Trinajstić information content (AvgIpc) is 2.49. The Morgan fingerprint density at radius 1 is 1.04 bits per heavy atom. The van der Waals surface area contributed by atoms with Crippen LogP contribution in [-0.4, -0.2) is 12.1 Å². The van der Waals surface area contributed by atoms with Gasteiger partial charge in [0.1, 0.15) is 0 Å². The first kappa shape index (κ1) is 16.9. The zero-order valence-electron chi connectivity index (χ0n) is 14.1. The highest BCUT2D eigenvalue weighted by Gasteiger charge is 2.15. The molecule has 0 atom stereocenters. The Hall–Kier alpha value is -2.49. The van der Waals surface area contributed by atoms with E-state index in [0.29, 0.717) is 22.9 Å². The smallest absolute Gasteiger partial charge is 0.340 e. The molecule has 0 heterocycles. The first-order valence-electron chi connectivity index (χ1n) is 7.84. The Labute approximate surface area is 137 Å². The monoisotopic (exact) mass is 312 g/mol. The quantitative estimate of drug-likeness (QED) is 0.620. The van der Waals surface area contributed by atoms with Gasteiger partial charge in [-0.2, -0.15) is 0 Å². The van der Waals surface area contributed by atoms with Crippen LogP contribution < -0.4 is 11.1 Å². The third-order valence-electron chi connectivity index (χ3n) is 3.46. The van der Waals surface area contributed by atoms with E-state index in [1.54, 1.807) is 18.2 Å². The van der Waals surface area contributed by atoms with Crippen LogP contribution in [0.3, 0.4) is 0 Å². The summed E-state index contributed by atoms with van der Waals surface area (Å²) in [5.74, 6) is 0.103. The van der Waals surface area contributed by atoms with Crippen molar-refractivity contribution < 1.29 is 9.53 Å². The second-order valence-corrected chi connectivity index (χ2v) is 6.16. The number of esters is 1. The average molecular weight is 312 g/mol. The minimum atomic E-state index is -0.381. The van der Waals surface area contributed by atoms with E-state index >= 15 is 0 Å². The molecule has 0 fully saturated rings. The van der Waals surface area contributed by atoms with E-state index < -0.39 is 0 Å². The van der Waals surface area contributed by atoms with Gasteiger partial charge in [0.25, 0.3) is 0 Å². The van der Waals surface area contributed by atoms with Crippen molar-refractivity contribution in [2.75, 3.05) is 11.1 Å². The molecule has 0 unspecified atom stereocenters. The fraction of sp³-hybridized carbons (Fsp3) is 0.316. The zero-order valence-corrected chi connectivity index (χ0v) is 14.1. The Morgan fingerprint density at radius 2 is 1.70 bits per heavy atom. The van der Waals surface area contributed by atoms with Gasteiger partial charge in [0.2, 0.25) is 0 Å². The Bertz CT molecular complexity index is 676. The SMILES string of the molecule is CC(C)OC(=O)c1cc(N)ccc1Nc1ccc(C(C)C)cc1. The predicted molar refractivity (Wildman–Crippen MR) is 95.2 cm³/mol. The molecule has 0 bridgehead atoms. The standard InChI is InChI=1S/C19H24N2O2/c1-12(2)14-5-8-16(9-6-14)21-18-10-7-15(20)11-17(18)19(22)23-13(3)4/h5-13,21H,20H2,1-4H3. The van der Waals surface area contributed by atoms with Gasteiger partial charge < -0.3 is 15.8 Å². The molecule has 2 rings (SSSR count). The summed E-state index contributed by atoms with van der Waals surface area (Å²) >= 11 is 0. The van der Waals surface area contributed by atoms with Crippen LogP contribution in [0.25, 0.3) is 0 Å². The normalized spacial score (nSPS) is 10.9. The third kappa shape index (κ3) is 4.49. The van der Waals surface area contributed by atoms with Crippen molar-refractivity contribution in [3.8, 4) is 0 Å². The Kier molecular flexibility index (Phi) is 5.27. The number of nitrogens with two attached hydrogens (primary N) is 1. The summed E-state index contributed by atoms with van der Waals surface area (Å²) in [6.07, 6.45) is -0.179. The molecule has 0 saturated heterocycles. The van der Waals surface area contributed by atoms with Crippen molar-refractivity contribution >= 4 is 23.0 Å². The van der Waals surface area contributed by atoms with Crippen molar-refractivity contribution in [3.63, 3.8) is 0 Å². The number of ether oxygens (including phenoxy) is 1.